The van der Waals surface area contributed by atoms with E-state index in [-0.39, 0.29) is 5.76 Å². The Bertz CT molecular complexity index is 1040. The highest BCUT2D eigenvalue weighted by molar-refractivity contribution is 9.11. The van der Waals surface area contributed by atoms with Crippen LogP contribution in [0.25, 0.3) is 11.0 Å². The SMILES string of the molecule is COc1cc(/C=N\NC(=O)c2cc3cc(Br)cc(Br)c3o2)cc(OC)c1OC. The topological polar surface area (TPSA) is 82.3 Å². The van der Waals surface area contributed by atoms with Crippen LogP contribution in [-0.4, -0.2) is 33.5 Å². The van der Waals surface area contributed by atoms with E-state index in [9.17, 15) is 4.79 Å². The molecule has 28 heavy (non-hydrogen) atoms. The van der Waals surface area contributed by atoms with Gasteiger partial charge in [0.15, 0.2) is 17.3 Å². The standard InChI is InChI=1S/C19H16Br2N2O5/c1-25-14-4-10(5-15(26-2)18(14)27-3)9-22-23-19(24)16-7-11-6-12(20)8-13(21)17(11)28-16/h4-9H,1-3H3,(H,23,24)/b22-9-. The number of methoxy groups -OCH3 is 3. The second-order valence-electron chi connectivity index (χ2n) is 5.57. The molecule has 3 rings (SSSR count). The summed E-state index contributed by atoms with van der Waals surface area (Å²) in [5, 5.41) is 4.77. The monoisotopic (exact) mass is 510 g/mol. The number of hydrogen-bond acceptors (Lipinski definition) is 6. The predicted octanol–water partition coefficient (Wildman–Crippen LogP) is 4.75. The van der Waals surface area contributed by atoms with Crippen LogP contribution < -0.4 is 19.6 Å². The van der Waals surface area contributed by atoms with Crippen molar-refractivity contribution < 1.29 is 23.4 Å². The fraction of sp³-hybridized carbons (Fsp3) is 0.158. The van der Waals surface area contributed by atoms with Crippen LogP contribution in [0.5, 0.6) is 17.2 Å². The van der Waals surface area contributed by atoms with Crippen molar-refractivity contribution in [2.45, 2.75) is 0 Å². The van der Waals surface area contributed by atoms with Crippen molar-refractivity contribution in [3.8, 4) is 17.2 Å². The molecule has 0 fully saturated rings. The van der Waals surface area contributed by atoms with Gasteiger partial charge in [-0.15, -0.1) is 0 Å². The third kappa shape index (κ3) is 4.15. The van der Waals surface area contributed by atoms with Crippen LogP contribution in [0.4, 0.5) is 0 Å². The van der Waals surface area contributed by atoms with E-state index in [1.807, 2.05) is 12.1 Å². The zero-order chi connectivity index (χ0) is 20.3. The molecular weight excluding hydrogens is 496 g/mol. The number of benzene rings is 2. The number of halogens is 2. The number of carbonyl (C=O) groups is 1. The minimum Gasteiger partial charge on any atom is -0.493 e. The molecule has 3 aromatic rings. The Kier molecular flexibility index (Phi) is 6.25. The second-order valence-corrected chi connectivity index (χ2v) is 7.34. The highest BCUT2D eigenvalue weighted by Crippen LogP contribution is 2.37. The van der Waals surface area contributed by atoms with E-state index in [0.717, 1.165) is 14.3 Å². The van der Waals surface area contributed by atoms with Gasteiger partial charge in [-0.05, 0) is 46.3 Å². The molecule has 9 heteroatoms. The molecular formula is C19H16Br2N2O5. The van der Waals surface area contributed by atoms with Crippen molar-refractivity contribution in [1.82, 2.24) is 5.43 Å². The summed E-state index contributed by atoms with van der Waals surface area (Å²) in [6.07, 6.45) is 1.47. The van der Waals surface area contributed by atoms with Gasteiger partial charge in [-0.2, -0.15) is 5.10 Å². The van der Waals surface area contributed by atoms with Crippen molar-refractivity contribution in [3.63, 3.8) is 0 Å². The summed E-state index contributed by atoms with van der Waals surface area (Å²) in [7, 11) is 4.58. The van der Waals surface area contributed by atoms with Crippen LogP contribution in [0, 0.1) is 0 Å². The number of hydrogen-bond donors (Lipinski definition) is 1. The normalized spacial score (nSPS) is 11.0. The number of nitrogens with zero attached hydrogens (tertiary/aromatic N) is 1. The van der Waals surface area contributed by atoms with E-state index in [2.05, 4.69) is 42.4 Å². The lowest BCUT2D eigenvalue weighted by atomic mass is 10.2. The van der Waals surface area contributed by atoms with Crippen molar-refractivity contribution in [2.75, 3.05) is 21.3 Å². The zero-order valence-corrected chi connectivity index (χ0v) is 18.4. The Morgan fingerprint density at radius 3 is 2.32 bits per heavy atom. The maximum Gasteiger partial charge on any atom is 0.307 e. The number of nitrogens with one attached hydrogen (secondary N) is 1. The predicted molar refractivity (Wildman–Crippen MR) is 113 cm³/mol. The van der Waals surface area contributed by atoms with Gasteiger partial charge in [-0.1, -0.05) is 15.9 Å². The summed E-state index contributed by atoms with van der Waals surface area (Å²) in [5.74, 6) is 1.13. The first-order valence-electron chi connectivity index (χ1n) is 7.98. The average Bonchev–Trinajstić information content (AvgIpc) is 3.11. The molecule has 1 heterocycles. The summed E-state index contributed by atoms with van der Waals surface area (Å²) in [6, 6.07) is 8.78. The summed E-state index contributed by atoms with van der Waals surface area (Å²) in [4.78, 5) is 12.3. The molecule has 1 aromatic heterocycles. The van der Waals surface area contributed by atoms with Crippen LogP contribution in [0.1, 0.15) is 16.1 Å². The van der Waals surface area contributed by atoms with Crippen molar-refractivity contribution in [3.05, 3.63) is 50.6 Å². The Balaban J connectivity index is 1.79. The largest absolute Gasteiger partial charge is 0.493 e. The van der Waals surface area contributed by atoms with Crippen molar-refractivity contribution in [2.24, 2.45) is 5.10 Å². The third-order valence-corrected chi connectivity index (χ3v) is 4.87. The molecule has 0 aliphatic heterocycles. The minimum absolute atomic E-state index is 0.149. The van der Waals surface area contributed by atoms with Gasteiger partial charge >= 0.3 is 5.91 Å². The molecule has 0 aliphatic rings. The van der Waals surface area contributed by atoms with E-state index in [1.165, 1.54) is 27.5 Å². The molecule has 2 aromatic carbocycles. The lowest BCUT2D eigenvalue weighted by Crippen LogP contribution is -2.16. The van der Waals surface area contributed by atoms with E-state index in [4.69, 9.17) is 18.6 Å². The van der Waals surface area contributed by atoms with E-state index in [1.54, 1.807) is 18.2 Å². The van der Waals surface area contributed by atoms with Crippen LogP contribution in [-0.2, 0) is 0 Å². The molecule has 0 saturated heterocycles. The molecule has 0 atom stereocenters. The van der Waals surface area contributed by atoms with Gasteiger partial charge in [0, 0.05) is 15.4 Å². The second kappa shape index (κ2) is 8.66. The average molecular weight is 512 g/mol. The highest BCUT2D eigenvalue weighted by atomic mass is 79.9. The van der Waals surface area contributed by atoms with Gasteiger partial charge in [0.25, 0.3) is 0 Å². The molecule has 7 nitrogen and oxygen atoms in total. The Morgan fingerprint density at radius 2 is 1.71 bits per heavy atom. The molecule has 146 valence electrons. The highest BCUT2D eigenvalue weighted by Gasteiger charge is 2.15. The first kappa shape index (κ1) is 20.2. The van der Waals surface area contributed by atoms with Gasteiger partial charge < -0.3 is 18.6 Å². The van der Waals surface area contributed by atoms with Gasteiger partial charge in [0.05, 0.1) is 32.0 Å². The van der Waals surface area contributed by atoms with Crippen LogP contribution in [0.3, 0.4) is 0 Å². The fourth-order valence-electron chi connectivity index (χ4n) is 2.58. The number of carbonyl (C=O) groups excluding carboxylic acids is 1. The van der Waals surface area contributed by atoms with Crippen LogP contribution in [0.15, 0.2) is 48.8 Å². The number of furan rings is 1. The van der Waals surface area contributed by atoms with Gasteiger partial charge in [0.1, 0.15) is 5.58 Å². The Labute approximate surface area is 177 Å². The Morgan fingerprint density at radius 1 is 1.04 bits per heavy atom. The maximum atomic E-state index is 12.3. The smallest absolute Gasteiger partial charge is 0.307 e. The Hall–Kier alpha value is -2.52. The quantitative estimate of drug-likeness (QED) is 0.381. The van der Waals surface area contributed by atoms with Gasteiger partial charge in [-0.3, -0.25) is 4.79 Å². The molecule has 0 spiro atoms. The maximum absolute atomic E-state index is 12.3. The van der Waals surface area contributed by atoms with Crippen LogP contribution in [0.2, 0.25) is 0 Å². The number of ether oxygens (including phenoxy) is 3. The van der Waals surface area contributed by atoms with E-state index >= 15 is 0 Å². The minimum atomic E-state index is -0.470. The summed E-state index contributed by atoms with van der Waals surface area (Å²) in [6.45, 7) is 0. The summed E-state index contributed by atoms with van der Waals surface area (Å²) >= 11 is 6.82. The number of rotatable bonds is 6. The fourth-order valence-corrected chi connectivity index (χ4v) is 3.92. The van der Waals surface area contributed by atoms with E-state index < -0.39 is 5.91 Å². The molecule has 0 radical (unpaired) electrons. The molecule has 0 aliphatic carbocycles. The lowest BCUT2D eigenvalue weighted by Gasteiger charge is -2.12. The van der Waals surface area contributed by atoms with Crippen molar-refractivity contribution in [1.29, 1.82) is 0 Å². The molecule has 0 bridgehead atoms. The summed E-state index contributed by atoms with van der Waals surface area (Å²) < 4.78 is 23.1. The van der Waals surface area contributed by atoms with E-state index in [0.29, 0.717) is 28.4 Å². The first-order chi connectivity index (χ1) is 13.5. The van der Waals surface area contributed by atoms with Gasteiger partial charge in [0.2, 0.25) is 5.75 Å². The molecule has 0 saturated carbocycles. The van der Waals surface area contributed by atoms with Gasteiger partial charge in [-0.25, -0.2) is 5.43 Å². The molecule has 1 amide bonds. The number of hydrazone groups is 1. The van der Waals surface area contributed by atoms with Crippen LogP contribution >= 0.6 is 31.9 Å². The lowest BCUT2D eigenvalue weighted by molar-refractivity contribution is 0.0929. The first-order valence-corrected chi connectivity index (χ1v) is 9.57. The molecule has 1 N–H and O–H groups in total. The molecule has 0 unspecified atom stereocenters. The summed E-state index contributed by atoms with van der Waals surface area (Å²) in [5.41, 5.74) is 3.69. The third-order valence-electron chi connectivity index (χ3n) is 3.83. The van der Waals surface area contributed by atoms with Crippen molar-refractivity contribution >= 4 is 55.0 Å². The zero-order valence-electron chi connectivity index (χ0n) is 15.2. The number of amides is 1. The number of fused-ring (bicyclic) bond motifs is 1.